The smallest absolute Gasteiger partial charge is 0.171 e. The molecule has 1 rings (SSSR count). The lowest BCUT2D eigenvalue weighted by Crippen LogP contribution is -1.89. The molecule has 1 aromatic heterocycles. The Morgan fingerprint density at radius 2 is 2.00 bits per heavy atom. The first-order valence-electron chi connectivity index (χ1n) is 3.34. The van der Waals surface area contributed by atoms with Crippen molar-refractivity contribution in [3.05, 3.63) is 5.01 Å². The minimum atomic E-state index is 0.752. The van der Waals surface area contributed by atoms with Crippen molar-refractivity contribution >= 4 is 24.0 Å². The Balaban J connectivity index is 0.000000292. The maximum Gasteiger partial charge on any atom is 0.171 e. The Kier molecular flexibility index (Phi) is 6.49. The molecule has 1 N–H and O–H groups in total. The molecule has 0 fully saturated rings. The molecule has 11 heavy (non-hydrogen) atoms. The zero-order valence-corrected chi connectivity index (χ0v) is 8.67. The van der Waals surface area contributed by atoms with Gasteiger partial charge < -0.3 is 5.32 Å². The van der Waals surface area contributed by atoms with Gasteiger partial charge in [0.15, 0.2) is 4.34 Å². The van der Waals surface area contributed by atoms with Gasteiger partial charge in [0.1, 0.15) is 5.01 Å². The molecule has 0 spiro atoms. The Bertz CT molecular complexity index is 188. The lowest BCUT2D eigenvalue weighted by Gasteiger charge is -1.75. The van der Waals surface area contributed by atoms with Crippen LogP contribution in [0.3, 0.4) is 0 Å². The molecule has 0 amide bonds. The molecule has 1 heterocycles. The van der Waals surface area contributed by atoms with E-state index in [-0.39, 0.29) is 0 Å². The standard InChI is InChI=1S/C4H6N2S2.C2H7N/c1-2-3-5-6-4(7)8-3;1-3-2/h2H2,1H3,(H,6,7);3H,1-2H3. The molecule has 0 aliphatic rings. The first-order chi connectivity index (χ1) is 5.24. The van der Waals surface area contributed by atoms with Gasteiger partial charge in [0, 0.05) is 0 Å². The van der Waals surface area contributed by atoms with E-state index in [9.17, 15) is 0 Å². The predicted octanol–water partition coefficient (Wildman–Crippen LogP) is 1.22. The summed E-state index contributed by atoms with van der Waals surface area (Å²) in [4.78, 5) is 0. The Morgan fingerprint density at radius 3 is 2.18 bits per heavy atom. The third-order valence-electron chi connectivity index (χ3n) is 0.759. The number of hydrogen-bond donors (Lipinski definition) is 2. The van der Waals surface area contributed by atoms with Crippen LogP contribution in [-0.4, -0.2) is 24.3 Å². The van der Waals surface area contributed by atoms with E-state index in [2.05, 4.69) is 28.1 Å². The van der Waals surface area contributed by atoms with E-state index in [4.69, 9.17) is 0 Å². The lowest BCUT2D eigenvalue weighted by molar-refractivity contribution is 0.945. The van der Waals surface area contributed by atoms with Crippen LogP contribution in [0.2, 0.25) is 0 Å². The second-order valence-corrected chi connectivity index (χ2v) is 3.62. The number of thiol groups is 1. The first-order valence-corrected chi connectivity index (χ1v) is 4.60. The van der Waals surface area contributed by atoms with Gasteiger partial charge >= 0.3 is 0 Å². The maximum absolute atomic E-state index is 4.00. The molecule has 0 radical (unpaired) electrons. The van der Waals surface area contributed by atoms with E-state index in [1.54, 1.807) is 0 Å². The molecule has 0 saturated heterocycles. The van der Waals surface area contributed by atoms with Crippen molar-refractivity contribution in [2.45, 2.75) is 17.7 Å². The number of nitrogens with one attached hydrogen (secondary N) is 1. The Hall–Kier alpha value is -0.130. The van der Waals surface area contributed by atoms with Crippen LogP contribution < -0.4 is 5.32 Å². The molecule has 0 atom stereocenters. The van der Waals surface area contributed by atoms with Gasteiger partial charge in [-0.15, -0.1) is 22.8 Å². The van der Waals surface area contributed by atoms with E-state index >= 15 is 0 Å². The van der Waals surface area contributed by atoms with Crippen molar-refractivity contribution in [2.75, 3.05) is 14.1 Å². The largest absolute Gasteiger partial charge is 0.323 e. The highest BCUT2D eigenvalue weighted by atomic mass is 32.2. The van der Waals surface area contributed by atoms with Crippen LogP contribution in [0.15, 0.2) is 4.34 Å². The summed E-state index contributed by atoms with van der Waals surface area (Å²) in [6.07, 6.45) is 0.957. The zero-order valence-electron chi connectivity index (χ0n) is 6.96. The monoisotopic (exact) mass is 191 g/mol. The van der Waals surface area contributed by atoms with Gasteiger partial charge in [-0.3, -0.25) is 0 Å². The molecule has 0 saturated carbocycles. The molecule has 0 aliphatic carbocycles. The summed E-state index contributed by atoms with van der Waals surface area (Å²) in [6.45, 7) is 2.05. The van der Waals surface area contributed by atoms with Crippen molar-refractivity contribution in [1.82, 2.24) is 15.5 Å². The van der Waals surface area contributed by atoms with E-state index in [0.29, 0.717) is 0 Å². The van der Waals surface area contributed by atoms with Crippen LogP contribution in [0.25, 0.3) is 0 Å². The fraction of sp³-hybridized carbons (Fsp3) is 0.667. The molecule has 0 aliphatic heterocycles. The summed E-state index contributed by atoms with van der Waals surface area (Å²) in [6, 6.07) is 0. The van der Waals surface area contributed by atoms with Crippen LogP contribution >= 0.6 is 24.0 Å². The summed E-state index contributed by atoms with van der Waals surface area (Å²) in [5.74, 6) is 0. The third kappa shape index (κ3) is 5.17. The van der Waals surface area contributed by atoms with Crippen molar-refractivity contribution in [2.24, 2.45) is 0 Å². The number of aromatic nitrogens is 2. The summed E-state index contributed by atoms with van der Waals surface area (Å²) >= 11 is 5.53. The minimum absolute atomic E-state index is 0.752. The Morgan fingerprint density at radius 1 is 1.45 bits per heavy atom. The SMILES string of the molecule is CCc1nnc(S)s1.CNC. The van der Waals surface area contributed by atoms with Crippen LogP contribution in [0, 0.1) is 0 Å². The molecule has 64 valence electrons. The highest BCUT2D eigenvalue weighted by molar-refractivity contribution is 7.82. The zero-order chi connectivity index (χ0) is 8.69. The van der Waals surface area contributed by atoms with Crippen molar-refractivity contribution in [3.63, 3.8) is 0 Å². The average molecular weight is 191 g/mol. The van der Waals surface area contributed by atoms with Crippen LogP contribution in [-0.2, 0) is 6.42 Å². The molecular formula is C6H13N3S2. The number of aryl methyl sites for hydroxylation is 1. The number of rotatable bonds is 1. The van der Waals surface area contributed by atoms with Gasteiger partial charge in [-0.1, -0.05) is 18.3 Å². The summed E-state index contributed by atoms with van der Waals surface area (Å²) < 4.78 is 0.752. The molecule has 5 heteroatoms. The van der Waals surface area contributed by atoms with Gasteiger partial charge in [0.25, 0.3) is 0 Å². The van der Waals surface area contributed by atoms with E-state index in [1.807, 2.05) is 21.0 Å². The van der Waals surface area contributed by atoms with Gasteiger partial charge in [0.2, 0.25) is 0 Å². The second kappa shape index (κ2) is 6.57. The van der Waals surface area contributed by atoms with Gasteiger partial charge in [-0.2, -0.15) is 0 Å². The van der Waals surface area contributed by atoms with E-state index in [1.165, 1.54) is 11.3 Å². The number of hydrogen-bond acceptors (Lipinski definition) is 5. The van der Waals surface area contributed by atoms with Crippen molar-refractivity contribution in [3.8, 4) is 0 Å². The minimum Gasteiger partial charge on any atom is -0.323 e. The highest BCUT2D eigenvalue weighted by Gasteiger charge is 1.94. The molecule has 0 unspecified atom stereocenters. The molecule has 0 aromatic carbocycles. The lowest BCUT2D eigenvalue weighted by atomic mass is 10.5. The predicted molar refractivity (Wildman–Crippen MR) is 51.5 cm³/mol. The van der Waals surface area contributed by atoms with Gasteiger partial charge in [0.05, 0.1) is 0 Å². The Labute approximate surface area is 76.7 Å². The molecular weight excluding hydrogens is 178 g/mol. The first kappa shape index (κ1) is 10.9. The fourth-order valence-electron chi connectivity index (χ4n) is 0.388. The molecule has 3 nitrogen and oxygen atoms in total. The van der Waals surface area contributed by atoms with Crippen LogP contribution in [0.5, 0.6) is 0 Å². The molecule has 0 bridgehead atoms. The second-order valence-electron chi connectivity index (χ2n) is 1.83. The summed E-state index contributed by atoms with van der Waals surface area (Å²) in [7, 11) is 3.75. The maximum atomic E-state index is 4.00. The summed E-state index contributed by atoms with van der Waals surface area (Å²) in [5, 5.41) is 11.3. The van der Waals surface area contributed by atoms with E-state index in [0.717, 1.165) is 15.8 Å². The average Bonchev–Trinajstić information content (AvgIpc) is 2.37. The van der Waals surface area contributed by atoms with Gasteiger partial charge in [-0.25, -0.2) is 0 Å². The van der Waals surface area contributed by atoms with E-state index < -0.39 is 0 Å². The van der Waals surface area contributed by atoms with Crippen LogP contribution in [0.4, 0.5) is 0 Å². The van der Waals surface area contributed by atoms with Crippen molar-refractivity contribution in [1.29, 1.82) is 0 Å². The third-order valence-corrected chi connectivity index (χ3v) is 1.99. The van der Waals surface area contributed by atoms with Gasteiger partial charge in [-0.05, 0) is 20.5 Å². The van der Waals surface area contributed by atoms with Crippen LogP contribution in [0.1, 0.15) is 11.9 Å². The quantitative estimate of drug-likeness (QED) is 0.656. The highest BCUT2D eigenvalue weighted by Crippen LogP contribution is 2.12. The molecule has 1 aromatic rings. The normalized spacial score (nSPS) is 8.73. The van der Waals surface area contributed by atoms with Crippen molar-refractivity contribution < 1.29 is 0 Å². The number of nitrogens with zero attached hydrogens (tertiary/aromatic N) is 2. The fourth-order valence-corrected chi connectivity index (χ4v) is 1.27. The topological polar surface area (TPSA) is 37.8 Å². The summed E-state index contributed by atoms with van der Waals surface area (Å²) in [5.41, 5.74) is 0.